The van der Waals surface area contributed by atoms with Crippen LogP contribution in [0.1, 0.15) is 27.4 Å². The van der Waals surface area contributed by atoms with Crippen LogP contribution in [-0.2, 0) is 4.79 Å². The van der Waals surface area contributed by atoms with Gasteiger partial charge in [0.05, 0.1) is 18.7 Å². The fourth-order valence-electron chi connectivity index (χ4n) is 4.98. The van der Waals surface area contributed by atoms with E-state index < -0.39 is 0 Å². The third-order valence-corrected chi connectivity index (χ3v) is 6.65. The van der Waals surface area contributed by atoms with Crippen LogP contribution in [0.15, 0.2) is 73.1 Å². The molecule has 5 rings (SSSR count). The Kier molecular flexibility index (Phi) is 5.23. The molecule has 3 atom stereocenters. The molecule has 2 aromatic carbocycles. The summed E-state index contributed by atoms with van der Waals surface area (Å²) in [5.41, 5.74) is 5.10. The first-order valence-electron chi connectivity index (χ1n) is 10.8. The van der Waals surface area contributed by atoms with Crippen LogP contribution in [0.3, 0.4) is 0 Å². The second kappa shape index (κ2) is 8.20. The molecule has 32 heavy (non-hydrogen) atoms. The van der Waals surface area contributed by atoms with Crippen LogP contribution in [0.4, 0.5) is 0 Å². The maximum atomic E-state index is 12.9. The summed E-state index contributed by atoms with van der Waals surface area (Å²) >= 11 is 0. The number of carbonyl (C=O) groups is 2. The van der Waals surface area contributed by atoms with Gasteiger partial charge >= 0.3 is 0 Å². The van der Waals surface area contributed by atoms with Gasteiger partial charge in [0.1, 0.15) is 6.54 Å². The number of rotatable bonds is 4. The number of amides is 2. The molecule has 1 N–H and O–H groups in total. The SMILES string of the molecule is Cc1ccc(-c2ccc([C@@H]3[C@@H](CO)N4C(=O)CN(C(=O)c5ccncc5)C[C@@H]34)cc2)cc1. The van der Waals surface area contributed by atoms with Gasteiger partial charge in [-0.1, -0.05) is 54.1 Å². The van der Waals surface area contributed by atoms with Crippen LogP contribution < -0.4 is 0 Å². The van der Waals surface area contributed by atoms with Crippen molar-refractivity contribution in [2.24, 2.45) is 0 Å². The van der Waals surface area contributed by atoms with Gasteiger partial charge in [-0.15, -0.1) is 0 Å². The fraction of sp³-hybridized carbons (Fsp3) is 0.269. The van der Waals surface area contributed by atoms with E-state index in [9.17, 15) is 14.7 Å². The molecule has 0 unspecified atom stereocenters. The van der Waals surface area contributed by atoms with E-state index in [-0.39, 0.29) is 43.0 Å². The number of pyridine rings is 1. The number of piperazine rings is 1. The Morgan fingerprint density at radius 3 is 2.25 bits per heavy atom. The summed E-state index contributed by atoms with van der Waals surface area (Å²) in [6.07, 6.45) is 3.16. The van der Waals surface area contributed by atoms with E-state index in [1.807, 2.05) is 0 Å². The highest BCUT2D eigenvalue weighted by atomic mass is 16.3. The minimum atomic E-state index is -0.254. The number of aryl methyl sites for hydroxylation is 1. The van der Waals surface area contributed by atoms with Crippen molar-refractivity contribution in [2.75, 3.05) is 19.7 Å². The molecule has 2 saturated heterocycles. The first-order valence-corrected chi connectivity index (χ1v) is 10.8. The molecule has 2 aliphatic rings. The molecule has 3 heterocycles. The zero-order valence-corrected chi connectivity index (χ0v) is 17.9. The van der Waals surface area contributed by atoms with Crippen LogP contribution in [0.2, 0.25) is 0 Å². The maximum Gasteiger partial charge on any atom is 0.254 e. The summed E-state index contributed by atoms with van der Waals surface area (Å²) in [6.45, 7) is 2.46. The molecule has 3 aromatic rings. The lowest BCUT2D eigenvalue weighted by atomic mass is 9.73. The van der Waals surface area contributed by atoms with Crippen LogP contribution in [-0.4, -0.2) is 63.5 Å². The molecule has 2 fully saturated rings. The molecule has 0 saturated carbocycles. The molecule has 2 amide bonds. The molecule has 6 heteroatoms. The largest absolute Gasteiger partial charge is 0.394 e. The molecule has 2 aliphatic heterocycles. The Labute approximate surface area is 187 Å². The lowest BCUT2D eigenvalue weighted by molar-refractivity contribution is -0.159. The topological polar surface area (TPSA) is 73.7 Å². The van der Waals surface area contributed by atoms with E-state index in [4.69, 9.17) is 0 Å². The molecule has 0 radical (unpaired) electrons. The van der Waals surface area contributed by atoms with Crippen molar-refractivity contribution in [1.29, 1.82) is 0 Å². The van der Waals surface area contributed by atoms with Gasteiger partial charge in [0.25, 0.3) is 5.91 Å². The van der Waals surface area contributed by atoms with Gasteiger partial charge in [0, 0.05) is 30.4 Å². The van der Waals surface area contributed by atoms with Crippen molar-refractivity contribution < 1.29 is 14.7 Å². The molecular formula is C26H25N3O3. The Bertz CT molecular complexity index is 1130. The smallest absolute Gasteiger partial charge is 0.254 e. The van der Waals surface area contributed by atoms with Crippen molar-refractivity contribution in [3.05, 3.63) is 89.7 Å². The second-order valence-corrected chi connectivity index (χ2v) is 8.55. The number of nitrogens with zero attached hydrogens (tertiary/aromatic N) is 3. The number of fused-ring (bicyclic) bond motifs is 1. The van der Waals surface area contributed by atoms with Crippen LogP contribution in [0, 0.1) is 6.92 Å². The molecule has 6 nitrogen and oxygen atoms in total. The predicted octanol–water partition coefficient (Wildman–Crippen LogP) is 2.87. The number of aliphatic hydroxyl groups excluding tert-OH is 1. The number of aliphatic hydroxyl groups is 1. The number of hydrogen-bond donors (Lipinski definition) is 1. The highest BCUT2D eigenvalue weighted by Crippen LogP contribution is 2.43. The third kappa shape index (κ3) is 3.46. The number of carbonyl (C=O) groups excluding carboxylic acids is 2. The summed E-state index contributed by atoms with van der Waals surface area (Å²) in [6, 6.07) is 19.7. The highest BCUT2D eigenvalue weighted by molar-refractivity contribution is 5.97. The number of benzene rings is 2. The van der Waals surface area contributed by atoms with Crippen LogP contribution in [0.5, 0.6) is 0 Å². The van der Waals surface area contributed by atoms with Crippen molar-refractivity contribution >= 4 is 11.8 Å². The zero-order valence-electron chi connectivity index (χ0n) is 17.9. The van der Waals surface area contributed by atoms with Gasteiger partial charge in [0.2, 0.25) is 5.91 Å². The molecule has 0 aliphatic carbocycles. The Balaban J connectivity index is 1.38. The Hall–Kier alpha value is -3.51. The van der Waals surface area contributed by atoms with E-state index in [0.717, 1.165) is 16.7 Å². The lowest BCUT2D eigenvalue weighted by Crippen LogP contribution is -2.73. The second-order valence-electron chi connectivity index (χ2n) is 8.55. The molecule has 0 bridgehead atoms. The highest BCUT2D eigenvalue weighted by Gasteiger charge is 2.54. The maximum absolute atomic E-state index is 12.9. The number of aromatic nitrogens is 1. The van der Waals surface area contributed by atoms with Crippen molar-refractivity contribution in [3.8, 4) is 11.1 Å². The van der Waals surface area contributed by atoms with Crippen molar-refractivity contribution in [1.82, 2.24) is 14.8 Å². The summed E-state index contributed by atoms with van der Waals surface area (Å²) in [5.74, 6) is -0.291. The van der Waals surface area contributed by atoms with Crippen molar-refractivity contribution in [2.45, 2.75) is 24.9 Å². The average Bonchev–Trinajstić information content (AvgIpc) is 2.81. The van der Waals surface area contributed by atoms with Gasteiger partial charge in [-0.3, -0.25) is 14.6 Å². The van der Waals surface area contributed by atoms with Gasteiger partial charge in [0.15, 0.2) is 0 Å². The molecular weight excluding hydrogens is 402 g/mol. The summed E-state index contributed by atoms with van der Waals surface area (Å²) in [7, 11) is 0. The van der Waals surface area contributed by atoms with Crippen LogP contribution in [0.25, 0.3) is 11.1 Å². The minimum Gasteiger partial charge on any atom is -0.394 e. The van der Waals surface area contributed by atoms with E-state index in [0.29, 0.717) is 12.1 Å². The van der Waals surface area contributed by atoms with E-state index in [1.54, 1.807) is 34.3 Å². The normalized spacial score (nSPS) is 22.3. The standard InChI is InChI=1S/C26H25N3O3/c1-17-2-4-18(5-3-17)19-6-8-20(9-7-19)25-22-14-28(15-24(31)29(22)23(25)16-30)26(32)21-10-12-27-13-11-21/h2-13,22-23,25,30H,14-16H2,1H3/t22-,23+,25-/m0/s1. The quantitative estimate of drug-likeness (QED) is 0.695. The monoisotopic (exact) mass is 427 g/mol. The zero-order chi connectivity index (χ0) is 22.2. The summed E-state index contributed by atoms with van der Waals surface area (Å²) in [4.78, 5) is 33.1. The third-order valence-electron chi connectivity index (χ3n) is 6.65. The average molecular weight is 428 g/mol. The lowest BCUT2D eigenvalue weighted by Gasteiger charge is -2.58. The van der Waals surface area contributed by atoms with Crippen LogP contribution >= 0.6 is 0 Å². The molecule has 0 spiro atoms. The first-order chi connectivity index (χ1) is 15.6. The van der Waals surface area contributed by atoms with Gasteiger partial charge < -0.3 is 14.9 Å². The van der Waals surface area contributed by atoms with Gasteiger partial charge in [-0.2, -0.15) is 0 Å². The molecule has 162 valence electrons. The van der Waals surface area contributed by atoms with E-state index in [2.05, 4.69) is 60.4 Å². The van der Waals surface area contributed by atoms with E-state index in [1.165, 1.54) is 5.56 Å². The fourth-order valence-corrected chi connectivity index (χ4v) is 4.98. The Morgan fingerprint density at radius 1 is 1.00 bits per heavy atom. The van der Waals surface area contributed by atoms with Crippen molar-refractivity contribution in [3.63, 3.8) is 0 Å². The van der Waals surface area contributed by atoms with Gasteiger partial charge in [-0.25, -0.2) is 0 Å². The molecule has 1 aromatic heterocycles. The first kappa shape index (κ1) is 20.4. The predicted molar refractivity (Wildman–Crippen MR) is 121 cm³/mol. The summed E-state index contributed by atoms with van der Waals surface area (Å²) < 4.78 is 0. The Morgan fingerprint density at radius 2 is 1.62 bits per heavy atom. The van der Waals surface area contributed by atoms with E-state index >= 15 is 0 Å². The number of hydrogen-bond acceptors (Lipinski definition) is 4. The van der Waals surface area contributed by atoms with Gasteiger partial charge in [-0.05, 0) is 35.7 Å². The minimum absolute atomic E-state index is 0.0101. The summed E-state index contributed by atoms with van der Waals surface area (Å²) in [5, 5.41) is 10.0.